The van der Waals surface area contributed by atoms with Crippen LogP contribution in [-0.4, -0.2) is 33.1 Å². The molecule has 4 aromatic rings. The number of aromatic nitrogens is 1. The summed E-state index contributed by atoms with van der Waals surface area (Å²) >= 11 is 0. The lowest BCUT2D eigenvalue weighted by molar-refractivity contribution is -0.140. The standard InChI is InChI=1S/C33H31FN2O5/c1-21(2)32-29(33(41)35-26-10-6-9-24(17-26)22-7-4-3-5-8-22)20-30(23-11-13-25(34)14-12-23)36(32)16-15-27(37)18-28(38)19-31(39)40/h3-14,17,20-21H,15-16,18-19H2,1-2H3,(H,35,41)(H,39,40). The number of anilines is 1. The summed E-state index contributed by atoms with van der Waals surface area (Å²) in [5, 5.41) is 11.8. The fourth-order valence-corrected chi connectivity index (χ4v) is 4.85. The van der Waals surface area contributed by atoms with E-state index in [9.17, 15) is 23.6 Å². The van der Waals surface area contributed by atoms with Crippen LogP contribution in [0.4, 0.5) is 10.1 Å². The first-order valence-electron chi connectivity index (χ1n) is 13.3. The maximum atomic E-state index is 13.7. The topological polar surface area (TPSA) is 105 Å². The SMILES string of the molecule is CC(C)c1c(C(=O)Nc2cccc(-c3ccccc3)c2)cc(-c2ccc(F)cc2)n1CCC(=O)CC(=O)CC(=O)O. The van der Waals surface area contributed by atoms with E-state index in [1.165, 1.54) is 12.1 Å². The number of carboxylic acids is 1. The second-order valence-corrected chi connectivity index (χ2v) is 10.1. The van der Waals surface area contributed by atoms with Gasteiger partial charge in [0.2, 0.25) is 0 Å². The van der Waals surface area contributed by atoms with Gasteiger partial charge in [0, 0.05) is 30.0 Å². The molecule has 0 unspecified atom stereocenters. The van der Waals surface area contributed by atoms with E-state index in [4.69, 9.17) is 5.11 Å². The van der Waals surface area contributed by atoms with Gasteiger partial charge in [-0.15, -0.1) is 0 Å². The Bertz CT molecular complexity index is 1570. The van der Waals surface area contributed by atoms with Crippen LogP contribution < -0.4 is 5.32 Å². The molecule has 0 radical (unpaired) electrons. The Morgan fingerprint density at radius 3 is 2.15 bits per heavy atom. The van der Waals surface area contributed by atoms with E-state index in [-0.39, 0.29) is 24.8 Å². The highest BCUT2D eigenvalue weighted by Gasteiger charge is 2.24. The number of amides is 1. The Hall–Kier alpha value is -4.85. The van der Waals surface area contributed by atoms with Crippen LogP contribution in [0.5, 0.6) is 0 Å². The van der Waals surface area contributed by atoms with Gasteiger partial charge >= 0.3 is 5.97 Å². The van der Waals surface area contributed by atoms with Gasteiger partial charge in [0.25, 0.3) is 5.91 Å². The fraction of sp³-hybridized carbons (Fsp3) is 0.212. The molecule has 1 aromatic heterocycles. The first-order chi connectivity index (χ1) is 19.6. The monoisotopic (exact) mass is 554 g/mol. The molecule has 210 valence electrons. The van der Waals surface area contributed by atoms with E-state index < -0.39 is 36.2 Å². The third kappa shape index (κ3) is 7.42. The molecule has 2 N–H and O–H groups in total. The van der Waals surface area contributed by atoms with Gasteiger partial charge < -0.3 is 15.0 Å². The zero-order valence-electron chi connectivity index (χ0n) is 22.9. The van der Waals surface area contributed by atoms with Crippen LogP contribution in [-0.2, 0) is 20.9 Å². The summed E-state index contributed by atoms with van der Waals surface area (Å²) in [4.78, 5) is 48.9. The van der Waals surface area contributed by atoms with Crippen LogP contribution in [0.2, 0.25) is 0 Å². The third-order valence-electron chi connectivity index (χ3n) is 6.65. The first-order valence-corrected chi connectivity index (χ1v) is 13.3. The first kappa shape index (κ1) is 29.1. The number of hydrogen-bond donors (Lipinski definition) is 2. The van der Waals surface area contributed by atoms with E-state index in [1.54, 1.807) is 18.2 Å². The predicted octanol–water partition coefficient (Wildman–Crippen LogP) is 6.73. The van der Waals surface area contributed by atoms with Gasteiger partial charge in [0.05, 0.1) is 12.0 Å². The number of carboxylic acid groups (broad SMARTS) is 1. The number of nitrogens with one attached hydrogen (secondary N) is 1. The fourth-order valence-electron chi connectivity index (χ4n) is 4.85. The lowest BCUT2D eigenvalue weighted by Gasteiger charge is -2.17. The Labute approximate surface area is 237 Å². The molecule has 41 heavy (non-hydrogen) atoms. The van der Waals surface area contributed by atoms with Gasteiger partial charge in [-0.3, -0.25) is 19.2 Å². The highest BCUT2D eigenvalue weighted by Crippen LogP contribution is 2.32. The number of hydrogen-bond acceptors (Lipinski definition) is 4. The summed E-state index contributed by atoms with van der Waals surface area (Å²) in [5.41, 5.74) is 4.98. The second kappa shape index (κ2) is 13.0. The average molecular weight is 555 g/mol. The number of Topliss-reactive ketones (excluding diaryl/α,β-unsaturated/α-hetero) is 2. The molecule has 0 aliphatic carbocycles. The van der Waals surface area contributed by atoms with Crippen molar-refractivity contribution in [3.63, 3.8) is 0 Å². The molecule has 4 rings (SSSR count). The minimum Gasteiger partial charge on any atom is -0.481 e. The zero-order valence-corrected chi connectivity index (χ0v) is 22.9. The van der Waals surface area contributed by atoms with E-state index >= 15 is 0 Å². The highest BCUT2D eigenvalue weighted by molar-refractivity contribution is 6.07. The smallest absolute Gasteiger partial charge is 0.310 e. The molecule has 3 aromatic carbocycles. The Kier molecular flexibility index (Phi) is 9.24. The molecule has 1 heterocycles. The van der Waals surface area contributed by atoms with Crippen molar-refractivity contribution in [2.75, 3.05) is 5.32 Å². The Balaban J connectivity index is 1.66. The molecule has 0 saturated carbocycles. The lowest BCUT2D eigenvalue weighted by Crippen LogP contribution is -2.17. The number of ketones is 2. The number of nitrogens with zero attached hydrogens (tertiary/aromatic N) is 1. The summed E-state index contributed by atoms with van der Waals surface area (Å²) in [5.74, 6) is -3.18. The summed E-state index contributed by atoms with van der Waals surface area (Å²) in [6.07, 6.45) is -1.21. The van der Waals surface area contributed by atoms with Crippen molar-refractivity contribution in [3.8, 4) is 22.4 Å². The van der Waals surface area contributed by atoms with Gasteiger partial charge in [-0.1, -0.05) is 56.3 Å². The number of benzene rings is 3. The largest absolute Gasteiger partial charge is 0.481 e. The van der Waals surface area contributed by atoms with Crippen LogP contribution in [0.1, 0.15) is 55.1 Å². The number of halogens is 1. The maximum absolute atomic E-state index is 13.7. The van der Waals surface area contributed by atoms with E-state index in [0.29, 0.717) is 28.2 Å². The van der Waals surface area contributed by atoms with Gasteiger partial charge in [-0.05, 0) is 65.1 Å². The Morgan fingerprint density at radius 1 is 0.805 bits per heavy atom. The molecule has 0 fully saturated rings. The van der Waals surface area contributed by atoms with Crippen molar-refractivity contribution >= 4 is 29.1 Å². The van der Waals surface area contributed by atoms with Crippen LogP contribution >= 0.6 is 0 Å². The molecule has 0 bridgehead atoms. The predicted molar refractivity (Wildman–Crippen MR) is 155 cm³/mol. The van der Waals surface area contributed by atoms with Crippen molar-refractivity contribution in [1.82, 2.24) is 4.57 Å². The molecule has 0 aliphatic heterocycles. The minimum atomic E-state index is -1.28. The van der Waals surface area contributed by atoms with E-state index in [0.717, 1.165) is 11.1 Å². The van der Waals surface area contributed by atoms with Gasteiger partial charge in [-0.25, -0.2) is 4.39 Å². The van der Waals surface area contributed by atoms with E-state index in [1.807, 2.05) is 73.0 Å². The maximum Gasteiger partial charge on any atom is 0.310 e. The zero-order chi connectivity index (χ0) is 29.5. The molecule has 0 spiro atoms. The highest BCUT2D eigenvalue weighted by atomic mass is 19.1. The molecule has 7 nitrogen and oxygen atoms in total. The third-order valence-corrected chi connectivity index (χ3v) is 6.65. The van der Waals surface area contributed by atoms with E-state index in [2.05, 4.69) is 5.32 Å². The van der Waals surface area contributed by atoms with Crippen LogP contribution in [0, 0.1) is 5.82 Å². The van der Waals surface area contributed by atoms with Crippen LogP contribution in [0.3, 0.4) is 0 Å². The molecule has 0 atom stereocenters. The molecular weight excluding hydrogens is 523 g/mol. The van der Waals surface area contributed by atoms with Crippen molar-refractivity contribution in [1.29, 1.82) is 0 Å². The van der Waals surface area contributed by atoms with Crippen molar-refractivity contribution < 1.29 is 28.7 Å². The minimum absolute atomic E-state index is 0.0336. The average Bonchev–Trinajstić information content (AvgIpc) is 3.32. The summed E-state index contributed by atoms with van der Waals surface area (Å²) in [6.45, 7) is 4.03. The number of rotatable bonds is 12. The number of carbonyl (C=O) groups excluding carboxylic acids is 3. The number of carbonyl (C=O) groups is 4. The summed E-state index contributed by atoms with van der Waals surface area (Å²) < 4.78 is 15.6. The molecule has 1 amide bonds. The van der Waals surface area contributed by atoms with Gasteiger partial charge in [0.1, 0.15) is 18.0 Å². The summed E-state index contributed by atoms with van der Waals surface area (Å²) in [6, 6.07) is 24.9. The van der Waals surface area contributed by atoms with Crippen molar-refractivity contribution in [2.45, 2.75) is 45.6 Å². The number of aliphatic carboxylic acids is 1. The quantitative estimate of drug-likeness (QED) is 0.189. The molecule has 0 aliphatic rings. The Morgan fingerprint density at radius 2 is 1.49 bits per heavy atom. The van der Waals surface area contributed by atoms with Crippen molar-refractivity contribution in [3.05, 3.63) is 102 Å². The summed E-state index contributed by atoms with van der Waals surface area (Å²) in [7, 11) is 0. The lowest BCUT2D eigenvalue weighted by atomic mass is 10.0. The van der Waals surface area contributed by atoms with Crippen LogP contribution in [0.25, 0.3) is 22.4 Å². The normalized spacial score (nSPS) is 10.9. The molecular formula is C33H31FN2O5. The second-order valence-electron chi connectivity index (χ2n) is 10.1. The molecule has 0 saturated heterocycles. The molecule has 8 heteroatoms. The van der Waals surface area contributed by atoms with Gasteiger partial charge in [-0.2, -0.15) is 0 Å². The van der Waals surface area contributed by atoms with Crippen LogP contribution in [0.15, 0.2) is 84.9 Å². The van der Waals surface area contributed by atoms with Crippen molar-refractivity contribution in [2.24, 2.45) is 0 Å². The van der Waals surface area contributed by atoms with Gasteiger partial charge in [0.15, 0.2) is 5.78 Å².